The molecule has 1 aliphatic rings. The number of halogens is 2. The van der Waals surface area contributed by atoms with Gasteiger partial charge in [0.2, 0.25) is 12.7 Å². The van der Waals surface area contributed by atoms with Crippen LogP contribution in [0.4, 0.5) is 5.13 Å². The Balaban J connectivity index is 1.30. The molecular weight excluding hydrogens is 449 g/mol. The Labute approximate surface area is 185 Å². The minimum atomic E-state index is -0.360. The molecule has 0 bridgehead atoms. The lowest BCUT2D eigenvalue weighted by Gasteiger charge is -2.05. The number of nitrogens with zero attached hydrogens (tertiary/aromatic N) is 1. The molecule has 154 valence electrons. The first-order valence-electron chi connectivity index (χ1n) is 8.84. The van der Waals surface area contributed by atoms with Crippen LogP contribution in [0, 0.1) is 0 Å². The molecule has 0 spiro atoms. The maximum absolute atomic E-state index is 12.3. The zero-order chi connectivity index (χ0) is 21.1. The minimum Gasteiger partial charge on any atom is -0.454 e. The highest BCUT2D eigenvalue weighted by molar-refractivity contribution is 7.14. The molecule has 2 amide bonds. The molecule has 0 saturated carbocycles. The van der Waals surface area contributed by atoms with Crippen molar-refractivity contribution in [2.75, 3.05) is 12.1 Å². The molecule has 0 aliphatic carbocycles. The van der Waals surface area contributed by atoms with Gasteiger partial charge in [0.05, 0.1) is 22.2 Å². The Bertz CT molecular complexity index is 1120. The zero-order valence-corrected chi connectivity index (χ0v) is 17.7. The largest absolute Gasteiger partial charge is 0.454 e. The summed E-state index contributed by atoms with van der Waals surface area (Å²) < 4.78 is 10.6. The normalized spacial score (nSPS) is 11.9. The van der Waals surface area contributed by atoms with E-state index in [1.807, 2.05) is 18.2 Å². The number of hydrogen-bond donors (Lipinski definition) is 2. The Morgan fingerprint density at radius 1 is 1.07 bits per heavy atom. The topological polar surface area (TPSA) is 89.6 Å². The number of rotatable bonds is 6. The standard InChI is InChI=1S/C20H15Cl2N3O4S/c21-14-3-2-12(6-15(14)22)19(27)25-20-24-13(9-30-20)7-18(26)23-8-11-1-4-16-17(5-11)29-10-28-16/h1-6,9H,7-8,10H2,(H,23,26)(H,24,25,27). The number of fused-ring (bicyclic) bond motifs is 1. The number of amides is 2. The number of anilines is 1. The monoisotopic (exact) mass is 463 g/mol. The number of nitrogens with one attached hydrogen (secondary N) is 2. The lowest BCUT2D eigenvalue weighted by molar-refractivity contribution is -0.120. The molecule has 1 aromatic heterocycles. The van der Waals surface area contributed by atoms with E-state index in [9.17, 15) is 9.59 Å². The first kappa shape index (κ1) is 20.5. The van der Waals surface area contributed by atoms with Gasteiger partial charge in [-0.25, -0.2) is 4.98 Å². The van der Waals surface area contributed by atoms with E-state index in [4.69, 9.17) is 32.7 Å². The van der Waals surface area contributed by atoms with Crippen molar-refractivity contribution < 1.29 is 19.1 Å². The zero-order valence-electron chi connectivity index (χ0n) is 15.4. The Morgan fingerprint density at radius 2 is 1.90 bits per heavy atom. The van der Waals surface area contributed by atoms with Crippen LogP contribution in [0.5, 0.6) is 11.5 Å². The highest BCUT2D eigenvalue weighted by Gasteiger charge is 2.15. The summed E-state index contributed by atoms with van der Waals surface area (Å²) in [4.78, 5) is 28.8. The third-order valence-corrected chi connectivity index (χ3v) is 5.77. The molecule has 2 aromatic carbocycles. The summed E-state index contributed by atoms with van der Waals surface area (Å²) in [7, 11) is 0. The number of carbonyl (C=O) groups is 2. The molecule has 1 aliphatic heterocycles. The summed E-state index contributed by atoms with van der Waals surface area (Å²) in [5.74, 6) is 0.827. The van der Waals surface area contributed by atoms with E-state index in [2.05, 4.69) is 15.6 Å². The average Bonchev–Trinajstić information content (AvgIpc) is 3.37. The van der Waals surface area contributed by atoms with E-state index in [1.54, 1.807) is 17.5 Å². The maximum Gasteiger partial charge on any atom is 0.257 e. The quantitative estimate of drug-likeness (QED) is 0.568. The van der Waals surface area contributed by atoms with Gasteiger partial charge < -0.3 is 14.8 Å². The summed E-state index contributed by atoms with van der Waals surface area (Å²) in [6.45, 7) is 0.569. The summed E-state index contributed by atoms with van der Waals surface area (Å²) in [5.41, 5.74) is 1.83. The van der Waals surface area contributed by atoms with Crippen molar-refractivity contribution in [3.63, 3.8) is 0 Å². The van der Waals surface area contributed by atoms with Crippen LogP contribution in [-0.2, 0) is 17.8 Å². The molecular formula is C20H15Cl2N3O4S. The molecule has 0 unspecified atom stereocenters. The van der Waals surface area contributed by atoms with E-state index in [0.29, 0.717) is 44.5 Å². The lowest BCUT2D eigenvalue weighted by Crippen LogP contribution is -2.24. The van der Waals surface area contributed by atoms with Crippen LogP contribution in [0.15, 0.2) is 41.8 Å². The smallest absolute Gasteiger partial charge is 0.257 e. The molecule has 30 heavy (non-hydrogen) atoms. The first-order chi connectivity index (χ1) is 14.5. The second kappa shape index (κ2) is 8.91. The van der Waals surface area contributed by atoms with Gasteiger partial charge in [-0.3, -0.25) is 14.9 Å². The van der Waals surface area contributed by atoms with E-state index < -0.39 is 0 Å². The van der Waals surface area contributed by atoms with Crippen molar-refractivity contribution in [2.24, 2.45) is 0 Å². The van der Waals surface area contributed by atoms with Gasteiger partial charge in [0.25, 0.3) is 5.91 Å². The van der Waals surface area contributed by atoms with Crippen LogP contribution in [0.2, 0.25) is 10.0 Å². The van der Waals surface area contributed by atoms with Gasteiger partial charge in [-0.15, -0.1) is 11.3 Å². The molecule has 10 heteroatoms. The van der Waals surface area contributed by atoms with Gasteiger partial charge in [0, 0.05) is 17.5 Å². The third kappa shape index (κ3) is 4.84. The van der Waals surface area contributed by atoms with Gasteiger partial charge in [-0.2, -0.15) is 0 Å². The van der Waals surface area contributed by atoms with Gasteiger partial charge >= 0.3 is 0 Å². The molecule has 7 nitrogen and oxygen atoms in total. The fraction of sp³-hybridized carbons (Fsp3) is 0.150. The number of aromatic nitrogens is 1. The Kier molecular flexibility index (Phi) is 6.08. The second-order valence-corrected chi connectivity index (χ2v) is 8.04. The molecule has 4 rings (SSSR count). The number of ether oxygens (including phenoxy) is 2. The van der Waals surface area contributed by atoms with Gasteiger partial charge in [0.1, 0.15) is 0 Å². The SMILES string of the molecule is O=C(Cc1csc(NC(=O)c2ccc(Cl)c(Cl)c2)n1)NCc1ccc2c(c1)OCO2. The van der Waals surface area contributed by atoms with E-state index >= 15 is 0 Å². The number of benzene rings is 2. The molecule has 0 atom stereocenters. The van der Waals surface area contributed by atoms with E-state index in [-0.39, 0.29) is 25.0 Å². The highest BCUT2D eigenvalue weighted by Crippen LogP contribution is 2.32. The average molecular weight is 464 g/mol. The number of carbonyl (C=O) groups excluding carboxylic acids is 2. The summed E-state index contributed by atoms with van der Waals surface area (Å²) in [6, 6.07) is 10.1. The summed E-state index contributed by atoms with van der Waals surface area (Å²) in [6.07, 6.45) is 0.101. The van der Waals surface area contributed by atoms with Crippen molar-refractivity contribution in [1.82, 2.24) is 10.3 Å². The Hall–Kier alpha value is -2.81. The lowest BCUT2D eigenvalue weighted by atomic mass is 10.2. The van der Waals surface area contributed by atoms with E-state index in [0.717, 1.165) is 5.56 Å². The van der Waals surface area contributed by atoms with Gasteiger partial charge in [-0.05, 0) is 35.9 Å². The predicted molar refractivity (Wildman–Crippen MR) is 115 cm³/mol. The van der Waals surface area contributed by atoms with Crippen LogP contribution < -0.4 is 20.1 Å². The van der Waals surface area contributed by atoms with Crippen LogP contribution in [0.25, 0.3) is 0 Å². The van der Waals surface area contributed by atoms with Crippen molar-refractivity contribution >= 4 is 51.5 Å². The van der Waals surface area contributed by atoms with E-state index in [1.165, 1.54) is 17.4 Å². The van der Waals surface area contributed by atoms with Crippen molar-refractivity contribution in [3.05, 3.63) is 68.6 Å². The van der Waals surface area contributed by atoms with Gasteiger partial charge in [0.15, 0.2) is 16.6 Å². The fourth-order valence-electron chi connectivity index (χ4n) is 2.73. The minimum absolute atomic E-state index is 0.101. The summed E-state index contributed by atoms with van der Waals surface area (Å²) >= 11 is 13.0. The molecule has 2 heterocycles. The van der Waals surface area contributed by atoms with Gasteiger partial charge in [-0.1, -0.05) is 29.3 Å². The van der Waals surface area contributed by atoms with Crippen LogP contribution in [-0.4, -0.2) is 23.6 Å². The number of hydrogen-bond acceptors (Lipinski definition) is 6. The van der Waals surface area contributed by atoms with Crippen LogP contribution in [0.3, 0.4) is 0 Å². The molecule has 0 radical (unpaired) electrons. The maximum atomic E-state index is 12.3. The van der Waals surface area contributed by atoms with Crippen molar-refractivity contribution in [3.8, 4) is 11.5 Å². The van der Waals surface area contributed by atoms with Crippen LogP contribution >= 0.6 is 34.5 Å². The highest BCUT2D eigenvalue weighted by atomic mass is 35.5. The Morgan fingerprint density at radius 3 is 2.73 bits per heavy atom. The van der Waals surface area contributed by atoms with Crippen molar-refractivity contribution in [1.29, 1.82) is 0 Å². The third-order valence-electron chi connectivity index (χ3n) is 4.22. The predicted octanol–water partition coefficient (Wildman–Crippen LogP) is 4.29. The van der Waals surface area contributed by atoms with Crippen LogP contribution in [0.1, 0.15) is 21.6 Å². The van der Waals surface area contributed by atoms with Crippen molar-refractivity contribution in [2.45, 2.75) is 13.0 Å². The fourth-order valence-corrected chi connectivity index (χ4v) is 3.73. The molecule has 0 fully saturated rings. The number of thiazole rings is 1. The molecule has 0 saturated heterocycles. The first-order valence-corrected chi connectivity index (χ1v) is 10.5. The summed E-state index contributed by atoms with van der Waals surface area (Å²) in [5, 5.41) is 8.32. The second-order valence-electron chi connectivity index (χ2n) is 6.37. The molecule has 3 aromatic rings. The molecule has 2 N–H and O–H groups in total.